The van der Waals surface area contributed by atoms with Crippen LogP contribution in [0.1, 0.15) is 27.2 Å². The standard InChI is InChI=1S/C9H19N2O5P.C2H6/c1-4-7(9(13)14)8(12)11(15)5-10-6-17(2,3)16;1-2/h7,10,15H,4-6H2,1-3H3,(H,13,14);1-2H3. The lowest BCUT2D eigenvalue weighted by Crippen LogP contribution is -2.42. The first-order valence-electron chi connectivity index (χ1n) is 6.16. The van der Waals surface area contributed by atoms with Crippen LogP contribution in [0.2, 0.25) is 0 Å². The molecule has 0 aliphatic rings. The van der Waals surface area contributed by atoms with Crippen molar-refractivity contribution in [1.82, 2.24) is 10.4 Å². The Kier molecular flexibility index (Phi) is 10.7. The Balaban J connectivity index is 0. The lowest BCUT2D eigenvalue weighted by Gasteiger charge is -2.19. The van der Waals surface area contributed by atoms with E-state index in [0.717, 1.165) is 0 Å². The molecule has 3 N–H and O–H groups in total. The minimum absolute atomic E-state index is 0.102. The Bertz CT molecular complexity index is 329. The highest BCUT2D eigenvalue weighted by Crippen LogP contribution is 2.33. The van der Waals surface area contributed by atoms with Gasteiger partial charge in [0.2, 0.25) is 0 Å². The Morgan fingerprint density at radius 2 is 1.79 bits per heavy atom. The molecule has 7 nitrogen and oxygen atoms in total. The van der Waals surface area contributed by atoms with E-state index in [0.29, 0.717) is 5.06 Å². The number of nitrogens with one attached hydrogen (secondary N) is 1. The topological polar surface area (TPSA) is 107 Å². The van der Waals surface area contributed by atoms with E-state index in [4.69, 9.17) is 5.11 Å². The molecule has 8 heteroatoms. The van der Waals surface area contributed by atoms with Gasteiger partial charge >= 0.3 is 5.97 Å². The van der Waals surface area contributed by atoms with Crippen LogP contribution >= 0.6 is 7.14 Å². The number of carbonyl (C=O) groups excluding carboxylic acids is 1. The van der Waals surface area contributed by atoms with Crippen molar-refractivity contribution in [3.8, 4) is 0 Å². The zero-order valence-electron chi connectivity index (χ0n) is 12.2. The van der Waals surface area contributed by atoms with Gasteiger partial charge in [0, 0.05) is 0 Å². The number of aliphatic carboxylic acids is 1. The van der Waals surface area contributed by atoms with Gasteiger partial charge in [0.1, 0.15) is 5.92 Å². The maximum absolute atomic E-state index is 11.5. The van der Waals surface area contributed by atoms with Gasteiger partial charge in [0.25, 0.3) is 5.91 Å². The van der Waals surface area contributed by atoms with E-state index in [-0.39, 0.29) is 19.4 Å². The van der Waals surface area contributed by atoms with Gasteiger partial charge in [-0.25, -0.2) is 5.06 Å². The van der Waals surface area contributed by atoms with Gasteiger partial charge in [-0.05, 0) is 19.8 Å². The molecule has 0 bridgehead atoms. The van der Waals surface area contributed by atoms with Crippen LogP contribution in [-0.4, -0.2) is 53.5 Å². The second-order valence-electron chi connectivity index (χ2n) is 4.18. The summed E-state index contributed by atoms with van der Waals surface area (Å²) in [7, 11) is -2.28. The maximum atomic E-state index is 11.5. The summed E-state index contributed by atoms with van der Waals surface area (Å²) < 4.78 is 11.3. The third-order valence-corrected chi connectivity index (χ3v) is 3.00. The molecule has 0 saturated carbocycles. The smallest absolute Gasteiger partial charge is 0.316 e. The van der Waals surface area contributed by atoms with E-state index < -0.39 is 24.9 Å². The van der Waals surface area contributed by atoms with Crippen LogP contribution < -0.4 is 5.32 Å². The van der Waals surface area contributed by atoms with E-state index >= 15 is 0 Å². The number of carbonyl (C=O) groups is 2. The summed E-state index contributed by atoms with van der Waals surface area (Å²) >= 11 is 0. The number of nitrogens with zero attached hydrogens (tertiary/aromatic N) is 1. The predicted octanol–water partition coefficient (Wildman–Crippen LogP) is 1.47. The fourth-order valence-electron chi connectivity index (χ4n) is 1.14. The molecule has 0 aliphatic heterocycles. The quantitative estimate of drug-likeness (QED) is 0.216. The van der Waals surface area contributed by atoms with Gasteiger partial charge in [-0.3, -0.25) is 20.1 Å². The Hall–Kier alpha value is -0.910. The zero-order chi connectivity index (χ0) is 15.6. The molecular formula is C11H25N2O5P. The average Bonchev–Trinajstić information content (AvgIpc) is 2.30. The third-order valence-electron chi connectivity index (χ3n) is 2.01. The highest BCUT2D eigenvalue weighted by Gasteiger charge is 2.28. The number of carboxylic acid groups (broad SMARTS) is 1. The van der Waals surface area contributed by atoms with Crippen molar-refractivity contribution in [1.29, 1.82) is 0 Å². The number of hydroxylamine groups is 2. The molecule has 1 atom stereocenters. The van der Waals surface area contributed by atoms with Crippen molar-refractivity contribution in [2.45, 2.75) is 27.2 Å². The molecular weight excluding hydrogens is 271 g/mol. The van der Waals surface area contributed by atoms with Crippen molar-refractivity contribution < 1.29 is 24.5 Å². The van der Waals surface area contributed by atoms with Crippen molar-refractivity contribution in [2.24, 2.45) is 5.92 Å². The molecule has 0 saturated heterocycles. The van der Waals surface area contributed by atoms with Gasteiger partial charge in [-0.2, -0.15) is 0 Å². The number of rotatable bonds is 7. The van der Waals surface area contributed by atoms with Gasteiger partial charge in [-0.1, -0.05) is 20.8 Å². The molecule has 0 spiro atoms. The minimum atomic E-state index is -2.28. The highest BCUT2D eigenvalue weighted by molar-refractivity contribution is 7.62. The molecule has 19 heavy (non-hydrogen) atoms. The van der Waals surface area contributed by atoms with Crippen LogP contribution in [0.25, 0.3) is 0 Å². The van der Waals surface area contributed by atoms with Crippen molar-refractivity contribution in [3.63, 3.8) is 0 Å². The summed E-state index contributed by atoms with van der Waals surface area (Å²) in [5.74, 6) is -3.40. The third kappa shape index (κ3) is 9.64. The Morgan fingerprint density at radius 1 is 1.32 bits per heavy atom. The van der Waals surface area contributed by atoms with Gasteiger partial charge in [0.15, 0.2) is 0 Å². The fourth-order valence-corrected chi connectivity index (χ4v) is 1.78. The van der Waals surface area contributed by atoms with E-state index in [9.17, 15) is 19.4 Å². The molecule has 0 aromatic carbocycles. The first-order valence-corrected chi connectivity index (χ1v) is 8.95. The minimum Gasteiger partial charge on any atom is -0.481 e. The van der Waals surface area contributed by atoms with Crippen molar-refractivity contribution in [2.75, 3.05) is 26.3 Å². The van der Waals surface area contributed by atoms with Crippen LogP contribution in [0.5, 0.6) is 0 Å². The first-order chi connectivity index (χ1) is 8.69. The van der Waals surface area contributed by atoms with Crippen LogP contribution in [0.15, 0.2) is 0 Å². The van der Waals surface area contributed by atoms with E-state index in [1.54, 1.807) is 20.3 Å². The number of hydrogen-bond acceptors (Lipinski definition) is 5. The second-order valence-corrected chi connectivity index (χ2v) is 7.64. The van der Waals surface area contributed by atoms with Crippen LogP contribution in [0.4, 0.5) is 0 Å². The molecule has 0 radical (unpaired) electrons. The van der Waals surface area contributed by atoms with E-state index in [2.05, 4.69) is 5.32 Å². The first kappa shape index (κ1) is 20.4. The molecule has 0 aromatic heterocycles. The maximum Gasteiger partial charge on any atom is 0.316 e. The summed E-state index contributed by atoms with van der Waals surface area (Å²) in [6.07, 6.45) is 0.270. The molecule has 1 amide bonds. The summed E-state index contributed by atoms with van der Waals surface area (Å²) in [5, 5.41) is 21.0. The fraction of sp³-hybridized carbons (Fsp3) is 0.818. The summed E-state index contributed by atoms with van der Waals surface area (Å²) in [6, 6.07) is 0. The molecule has 0 aliphatic carbocycles. The molecule has 0 aromatic rings. The summed E-state index contributed by atoms with van der Waals surface area (Å²) in [6.45, 7) is 8.43. The summed E-state index contributed by atoms with van der Waals surface area (Å²) in [5.41, 5.74) is 0. The number of hydrogen-bond donors (Lipinski definition) is 3. The molecule has 0 heterocycles. The normalized spacial score (nSPS) is 12.1. The lowest BCUT2D eigenvalue weighted by molar-refractivity contribution is -0.176. The largest absolute Gasteiger partial charge is 0.481 e. The molecule has 114 valence electrons. The number of carboxylic acids is 1. The van der Waals surface area contributed by atoms with E-state index in [1.165, 1.54) is 0 Å². The van der Waals surface area contributed by atoms with Crippen molar-refractivity contribution in [3.05, 3.63) is 0 Å². The van der Waals surface area contributed by atoms with Gasteiger partial charge < -0.3 is 9.67 Å². The van der Waals surface area contributed by atoms with E-state index in [1.807, 2.05) is 13.8 Å². The average molecular weight is 296 g/mol. The highest BCUT2D eigenvalue weighted by atomic mass is 31.2. The Morgan fingerprint density at radius 3 is 2.11 bits per heavy atom. The lowest BCUT2D eigenvalue weighted by atomic mass is 10.1. The van der Waals surface area contributed by atoms with Gasteiger partial charge in [-0.15, -0.1) is 0 Å². The summed E-state index contributed by atoms with van der Waals surface area (Å²) in [4.78, 5) is 22.1. The van der Waals surface area contributed by atoms with Crippen LogP contribution in [0.3, 0.4) is 0 Å². The van der Waals surface area contributed by atoms with Gasteiger partial charge in [0.05, 0.1) is 20.1 Å². The SMILES string of the molecule is CC.CCC(C(=O)O)C(=O)N(O)CNCP(C)(C)=O. The second kappa shape index (κ2) is 9.95. The van der Waals surface area contributed by atoms with Crippen LogP contribution in [-0.2, 0) is 14.2 Å². The molecule has 0 rings (SSSR count). The predicted molar refractivity (Wildman–Crippen MR) is 73.7 cm³/mol. The van der Waals surface area contributed by atoms with Crippen molar-refractivity contribution >= 4 is 19.0 Å². The molecule has 0 fully saturated rings. The zero-order valence-corrected chi connectivity index (χ0v) is 13.1. The number of amides is 1. The monoisotopic (exact) mass is 296 g/mol. The Labute approximate surface area is 114 Å². The molecule has 1 unspecified atom stereocenters. The van der Waals surface area contributed by atoms with Crippen LogP contribution in [0, 0.1) is 5.92 Å².